The first-order chi connectivity index (χ1) is 18.0. The maximum Gasteiger partial charge on any atom is 0.340 e. The van der Waals surface area contributed by atoms with Crippen LogP contribution in [0.2, 0.25) is 0 Å². The van der Waals surface area contributed by atoms with Crippen molar-refractivity contribution >= 4 is 24.3 Å². The fraction of sp³-hybridized carbons (Fsp3) is 0.857. The monoisotopic (exact) mass is 575 g/mol. The van der Waals surface area contributed by atoms with E-state index in [0.29, 0.717) is 0 Å². The molecule has 0 radical (unpaired) electrons. The highest BCUT2D eigenvalue weighted by atomic mass is 16.5. The Labute approximate surface area is 238 Å². The summed E-state index contributed by atoms with van der Waals surface area (Å²) in [4.78, 5) is 42.6. The molecule has 6 unspecified atom stereocenters. The number of urea groups is 1. The number of Topliss-reactive ketones (excluding diaryl/α,β-unsaturated/α-hetero) is 2. The zero-order valence-electron chi connectivity index (χ0n) is 25.9. The minimum absolute atomic E-state index is 0.0437. The number of ketones is 2. The summed E-state index contributed by atoms with van der Waals surface area (Å²) in [6, 6.07) is -3.77. The normalized spacial score (nSPS) is 17.8. The second kappa shape index (κ2) is 14.9. The zero-order chi connectivity index (χ0) is 31.9. The summed E-state index contributed by atoms with van der Waals surface area (Å²) >= 11 is 0. The molecular weight excluding hydrogens is 522 g/mol. The van der Waals surface area contributed by atoms with Crippen molar-refractivity contribution in [2.45, 2.75) is 129 Å². The molecule has 0 aliphatic heterocycles. The SMILES string of the molecule is C=NC(=O)NC(C(=O)C(CCO)C(C)(C)OC(C)(C)C(=O)C(N)C(O)C(CCO)OC(C)(C)C)C(O)C(C)(C)C. The number of nitrogens with zero attached hydrogens (tertiary/aromatic N) is 1. The van der Waals surface area contributed by atoms with E-state index >= 15 is 0 Å². The predicted molar refractivity (Wildman–Crippen MR) is 152 cm³/mol. The van der Waals surface area contributed by atoms with Gasteiger partial charge in [-0.05, 0) is 73.4 Å². The average Bonchev–Trinajstić information content (AvgIpc) is 2.80. The Bertz CT molecular complexity index is 862. The van der Waals surface area contributed by atoms with E-state index in [0.717, 1.165) is 0 Å². The maximum absolute atomic E-state index is 13.8. The minimum atomic E-state index is -1.63. The molecule has 0 saturated carbocycles. The lowest BCUT2D eigenvalue weighted by Gasteiger charge is -2.43. The van der Waals surface area contributed by atoms with Crippen LogP contribution in [0.3, 0.4) is 0 Å². The van der Waals surface area contributed by atoms with Gasteiger partial charge in [0.2, 0.25) is 0 Å². The highest BCUT2D eigenvalue weighted by Gasteiger charge is 2.49. The molecule has 0 saturated heterocycles. The van der Waals surface area contributed by atoms with Crippen molar-refractivity contribution in [1.82, 2.24) is 5.32 Å². The third-order valence-corrected chi connectivity index (χ3v) is 6.61. The lowest BCUT2D eigenvalue weighted by atomic mass is 9.75. The van der Waals surface area contributed by atoms with Gasteiger partial charge in [-0.3, -0.25) is 9.59 Å². The topological polar surface area (TPSA) is 201 Å². The van der Waals surface area contributed by atoms with Gasteiger partial charge in [-0.15, -0.1) is 0 Å². The molecule has 0 fully saturated rings. The molecule has 12 nitrogen and oxygen atoms in total. The summed E-state index contributed by atoms with van der Waals surface area (Å²) in [7, 11) is 0. The Hall–Kier alpha value is -1.80. The van der Waals surface area contributed by atoms with Gasteiger partial charge < -0.3 is 41.0 Å². The van der Waals surface area contributed by atoms with Gasteiger partial charge in [-0.1, -0.05) is 20.8 Å². The lowest BCUT2D eigenvalue weighted by molar-refractivity contribution is -0.182. The number of nitrogens with two attached hydrogens (primary N) is 1. The number of aliphatic imine (C=N–C) groups is 1. The van der Waals surface area contributed by atoms with Gasteiger partial charge in [-0.25, -0.2) is 9.79 Å². The molecule has 6 atom stereocenters. The summed E-state index contributed by atoms with van der Waals surface area (Å²) in [5.41, 5.74) is 1.62. The van der Waals surface area contributed by atoms with E-state index in [2.05, 4.69) is 17.0 Å². The van der Waals surface area contributed by atoms with Crippen LogP contribution in [0.1, 0.15) is 82.1 Å². The van der Waals surface area contributed by atoms with Gasteiger partial charge in [0.1, 0.15) is 17.7 Å². The highest BCUT2D eigenvalue weighted by molar-refractivity contribution is 5.93. The number of aliphatic hydroxyl groups is 4. The molecule has 0 aromatic carbocycles. The summed E-state index contributed by atoms with van der Waals surface area (Å²) < 4.78 is 12.0. The number of aliphatic hydroxyl groups excluding tert-OH is 4. The Morgan fingerprint density at radius 2 is 1.43 bits per heavy atom. The third kappa shape index (κ3) is 11.2. The molecule has 0 aliphatic carbocycles. The summed E-state index contributed by atoms with van der Waals surface area (Å²) in [6.07, 6.45) is -3.78. The van der Waals surface area contributed by atoms with Crippen molar-refractivity contribution in [3.63, 3.8) is 0 Å². The number of amides is 2. The second-order valence-corrected chi connectivity index (χ2v) is 13.2. The van der Waals surface area contributed by atoms with Gasteiger partial charge >= 0.3 is 6.03 Å². The smallest absolute Gasteiger partial charge is 0.340 e. The van der Waals surface area contributed by atoms with Crippen molar-refractivity contribution < 1.29 is 44.3 Å². The van der Waals surface area contributed by atoms with Crippen molar-refractivity contribution in [3.05, 3.63) is 0 Å². The van der Waals surface area contributed by atoms with Crippen molar-refractivity contribution in [2.24, 2.45) is 22.1 Å². The molecule has 0 aliphatic rings. The summed E-state index contributed by atoms with van der Waals surface area (Å²) in [6.45, 7) is 18.8. The molecule has 0 aromatic heterocycles. The Morgan fingerprint density at radius 1 is 0.925 bits per heavy atom. The first kappa shape index (κ1) is 38.2. The van der Waals surface area contributed by atoms with Gasteiger partial charge in [0.05, 0.1) is 35.4 Å². The van der Waals surface area contributed by atoms with Crippen LogP contribution in [0.25, 0.3) is 0 Å². The number of carbonyl (C=O) groups excluding carboxylic acids is 3. The number of hydrogen-bond donors (Lipinski definition) is 6. The number of carbonyl (C=O) groups is 3. The molecule has 40 heavy (non-hydrogen) atoms. The van der Waals surface area contributed by atoms with Crippen LogP contribution in [-0.2, 0) is 19.1 Å². The number of rotatable bonds is 16. The van der Waals surface area contributed by atoms with E-state index in [9.17, 15) is 34.8 Å². The molecular formula is C28H53N3O9. The predicted octanol–water partition coefficient (Wildman–Crippen LogP) is 1.14. The molecule has 12 heteroatoms. The Kier molecular flexibility index (Phi) is 14.2. The number of nitrogens with one attached hydrogen (secondary N) is 1. The van der Waals surface area contributed by atoms with Crippen LogP contribution in [0.4, 0.5) is 4.79 Å². The van der Waals surface area contributed by atoms with Crippen LogP contribution >= 0.6 is 0 Å². The molecule has 234 valence electrons. The number of hydrogen-bond acceptors (Lipinski definition) is 10. The second-order valence-electron chi connectivity index (χ2n) is 13.2. The van der Waals surface area contributed by atoms with Crippen LogP contribution in [0, 0.1) is 11.3 Å². The fourth-order valence-electron chi connectivity index (χ4n) is 4.61. The molecule has 0 spiro atoms. The van der Waals surface area contributed by atoms with E-state index in [4.69, 9.17) is 15.2 Å². The Balaban J connectivity index is 6.22. The van der Waals surface area contributed by atoms with Crippen LogP contribution in [-0.4, -0.2) is 105 Å². The average molecular weight is 576 g/mol. The highest BCUT2D eigenvalue weighted by Crippen LogP contribution is 2.34. The molecule has 7 N–H and O–H groups in total. The molecule has 0 rings (SSSR count). The van der Waals surface area contributed by atoms with Crippen LogP contribution in [0.15, 0.2) is 4.99 Å². The maximum atomic E-state index is 13.8. The molecule has 0 bridgehead atoms. The summed E-state index contributed by atoms with van der Waals surface area (Å²) in [5, 5.41) is 43.5. The Morgan fingerprint density at radius 3 is 1.82 bits per heavy atom. The molecule has 0 aromatic rings. The van der Waals surface area contributed by atoms with Crippen molar-refractivity contribution in [1.29, 1.82) is 0 Å². The first-order valence-corrected chi connectivity index (χ1v) is 13.5. The molecule has 0 heterocycles. The number of ether oxygens (including phenoxy) is 2. The van der Waals surface area contributed by atoms with Crippen molar-refractivity contribution in [2.75, 3.05) is 13.2 Å². The standard InChI is InChI=1S/C28H53N3O9/c1-25(2,3)23(37)19(31-24(38)30-11)20(34)16(12-14-32)27(7,8)40-28(9,10)22(36)18(29)21(35)17(13-15-33)39-26(4,5)6/h16-19,21,23,32-33,35,37H,11-15,29H2,1-10H3,(H,31,38). The van der Waals surface area contributed by atoms with E-state index in [-0.39, 0.29) is 19.4 Å². The summed E-state index contributed by atoms with van der Waals surface area (Å²) in [5.74, 6) is -2.41. The van der Waals surface area contributed by atoms with Gasteiger partial charge in [-0.2, -0.15) is 0 Å². The van der Waals surface area contributed by atoms with E-state index < -0.39 is 82.7 Å². The quantitative estimate of drug-likeness (QED) is 0.145. The van der Waals surface area contributed by atoms with Gasteiger partial charge in [0.25, 0.3) is 0 Å². The largest absolute Gasteiger partial charge is 0.396 e. The zero-order valence-corrected chi connectivity index (χ0v) is 25.9. The van der Waals surface area contributed by atoms with Crippen molar-refractivity contribution in [3.8, 4) is 0 Å². The third-order valence-electron chi connectivity index (χ3n) is 6.61. The minimum Gasteiger partial charge on any atom is -0.396 e. The van der Waals surface area contributed by atoms with Crippen LogP contribution < -0.4 is 11.1 Å². The first-order valence-electron chi connectivity index (χ1n) is 13.5. The fourth-order valence-corrected chi connectivity index (χ4v) is 4.61. The van der Waals surface area contributed by atoms with E-state index in [1.165, 1.54) is 13.8 Å². The van der Waals surface area contributed by atoms with Gasteiger partial charge in [0.15, 0.2) is 11.6 Å². The van der Waals surface area contributed by atoms with Crippen LogP contribution in [0.5, 0.6) is 0 Å². The lowest BCUT2D eigenvalue weighted by Crippen LogP contribution is -2.61. The molecule has 2 amide bonds. The van der Waals surface area contributed by atoms with Gasteiger partial charge in [0, 0.05) is 13.2 Å². The van der Waals surface area contributed by atoms with E-state index in [1.54, 1.807) is 55.4 Å². The van der Waals surface area contributed by atoms with E-state index in [1.807, 2.05) is 0 Å².